The molecule has 0 saturated carbocycles. The average Bonchev–Trinajstić information content (AvgIpc) is 2.70. The highest BCUT2D eigenvalue weighted by Crippen LogP contribution is 2.44. The van der Waals surface area contributed by atoms with Gasteiger partial charge in [0.15, 0.2) is 0 Å². The van der Waals surface area contributed by atoms with E-state index in [1.165, 1.54) is 17.3 Å². The van der Waals surface area contributed by atoms with Crippen molar-refractivity contribution in [3.63, 3.8) is 0 Å². The summed E-state index contributed by atoms with van der Waals surface area (Å²) >= 11 is 6.03. The Morgan fingerprint density at radius 1 is 1.12 bits per heavy atom. The zero-order valence-corrected chi connectivity index (χ0v) is 20.2. The van der Waals surface area contributed by atoms with E-state index in [-0.39, 0.29) is 11.1 Å². The summed E-state index contributed by atoms with van der Waals surface area (Å²) in [5, 5.41) is 2.65. The number of benzene rings is 2. The third kappa shape index (κ3) is 4.15. The van der Waals surface area contributed by atoms with E-state index in [4.69, 9.17) is 11.6 Å². The van der Waals surface area contributed by atoms with Gasteiger partial charge in [-0.25, -0.2) is 9.69 Å². The van der Waals surface area contributed by atoms with Gasteiger partial charge in [-0.1, -0.05) is 30.7 Å². The van der Waals surface area contributed by atoms with Crippen molar-refractivity contribution in [3.8, 4) is 0 Å². The number of nitrogens with one attached hydrogen (secondary N) is 1. The van der Waals surface area contributed by atoms with Crippen LogP contribution in [-0.4, -0.2) is 29.4 Å². The summed E-state index contributed by atoms with van der Waals surface area (Å²) in [6, 6.07) is 11.9. The van der Waals surface area contributed by atoms with Gasteiger partial charge in [0, 0.05) is 22.3 Å². The standard InChI is InChI=1S/C26H28ClN3O3/c1-15(2)30-22-10-9-17(11-20(22)16(3)14-26(30,4)5)12-21-23(31)28-25(33)29(24(21)32)19-8-6-7-18(27)13-19/h6-13,15-16H,14H2,1-5H3,(H,28,31,33)/b21-12+/t16-/m1/s1. The molecule has 33 heavy (non-hydrogen) atoms. The number of barbiturate groups is 1. The number of fused-ring (bicyclic) bond motifs is 1. The minimum Gasteiger partial charge on any atom is -0.364 e. The number of anilines is 2. The van der Waals surface area contributed by atoms with Gasteiger partial charge in [0.05, 0.1) is 5.69 Å². The Bertz CT molecular complexity index is 1190. The maximum atomic E-state index is 13.2. The van der Waals surface area contributed by atoms with Gasteiger partial charge >= 0.3 is 6.03 Å². The Hall–Kier alpha value is -3.12. The van der Waals surface area contributed by atoms with Gasteiger partial charge in [-0.2, -0.15) is 0 Å². The molecule has 0 bridgehead atoms. The fourth-order valence-electron chi connectivity index (χ4n) is 5.21. The van der Waals surface area contributed by atoms with Crippen LogP contribution in [0.3, 0.4) is 0 Å². The molecule has 2 aromatic rings. The van der Waals surface area contributed by atoms with Gasteiger partial charge in [-0.05, 0) is 87.6 Å². The first kappa shape index (κ1) is 23.1. The van der Waals surface area contributed by atoms with Gasteiger partial charge in [-0.3, -0.25) is 14.9 Å². The second-order valence-electron chi connectivity index (χ2n) is 9.64. The molecule has 2 aliphatic heterocycles. The van der Waals surface area contributed by atoms with Crippen LogP contribution in [0.5, 0.6) is 0 Å². The van der Waals surface area contributed by atoms with E-state index in [0.29, 0.717) is 22.7 Å². The van der Waals surface area contributed by atoms with Crippen LogP contribution in [0.1, 0.15) is 58.1 Å². The van der Waals surface area contributed by atoms with Crippen molar-refractivity contribution in [2.75, 3.05) is 9.80 Å². The number of rotatable bonds is 3. The Morgan fingerprint density at radius 2 is 1.85 bits per heavy atom. The van der Waals surface area contributed by atoms with Gasteiger partial charge in [0.1, 0.15) is 5.57 Å². The molecule has 0 aliphatic carbocycles. The number of urea groups is 1. The molecule has 0 aromatic heterocycles. The maximum absolute atomic E-state index is 13.2. The van der Waals surface area contributed by atoms with Crippen molar-refractivity contribution in [1.29, 1.82) is 0 Å². The van der Waals surface area contributed by atoms with Crippen LogP contribution in [0.15, 0.2) is 48.0 Å². The minimum absolute atomic E-state index is 0.0254. The fourth-order valence-corrected chi connectivity index (χ4v) is 5.40. The molecule has 1 atom stereocenters. The van der Waals surface area contributed by atoms with Gasteiger partial charge < -0.3 is 4.90 Å². The SMILES string of the molecule is CC(C)N1c2ccc(/C=C3\C(=O)NC(=O)N(c4cccc(Cl)c4)C3=O)cc2[C@H](C)CC1(C)C. The highest BCUT2D eigenvalue weighted by atomic mass is 35.5. The second kappa shape index (κ2) is 8.34. The number of hydrogen-bond acceptors (Lipinski definition) is 4. The smallest absolute Gasteiger partial charge is 0.335 e. The third-order valence-corrected chi connectivity index (χ3v) is 6.53. The van der Waals surface area contributed by atoms with Crippen LogP contribution in [0.4, 0.5) is 16.2 Å². The number of nitrogens with zero attached hydrogens (tertiary/aromatic N) is 2. The molecule has 0 spiro atoms. The Balaban J connectivity index is 1.74. The van der Waals surface area contributed by atoms with E-state index in [1.54, 1.807) is 24.3 Å². The summed E-state index contributed by atoms with van der Waals surface area (Å²) in [5.74, 6) is -1.07. The highest BCUT2D eigenvalue weighted by Gasteiger charge is 2.39. The first-order valence-electron chi connectivity index (χ1n) is 11.1. The summed E-state index contributed by atoms with van der Waals surface area (Å²) in [7, 11) is 0. The lowest BCUT2D eigenvalue weighted by atomic mass is 9.78. The number of halogens is 1. The minimum atomic E-state index is -0.793. The zero-order chi connectivity index (χ0) is 24.1. The van der Waals surface area contributed by atoms with Crippen LogP contribution in [0.2, 0.25) is 5.02 Å². The number of hydrogen-bond donors (Lipinski definition) is 1. The third-order valence-electron chi connectivity index (χ3n) is 6.30. The lowest BCUT2D eigenvalue weighted by Crippen LogP contribution is -2.54. The van der Waals surface area contributed by atoms with Crippen molar-refractivity contribution in [3.05, 3.63) is 64.2 Å². The topological polar surface area (TPSA) is 69.7 Å². The number of amides is 4. The molecular weight excluding hydrogens is 438 g/mol. The molecule has 4 rings (SSSR count). The van der Waals surface area contributed by atoms with E-state index < -0.39 is 17.8 Å². The highest BCUT2D eigenvalue weighted by molar-refractivity contribution is 6.39. The van der Waals surface area contributed by atoms with E-state index in [9.17, 15) is 14.4 Å². The van der Waals surface area contributed by atoms with Gasteiger partial charge in [-0.15, -0.1) is 0 Å². The van der Waals surface area contributed by atoms with Crippen LogP contribution >= 0.6 is 11.6 Å². The molecular formula is C26H28ClN3O3. The summed E-state index contributed by atoms with van der Waals surface area (Å²) < 4.78 is 0. The van der Waals surface area contributed by atoms with Crippen molar-refractivity contribution in [1.82, 2.24) is 5.32 Å². The Morgan fingerprint density at radius 3 is 2.52 bits per heavy atom. The number of imide groups is 2. The van der Waals surface area contributed by atoms with E-state index in [0.717, 1.165) is 16.9 Å². The lowest BCUT2D eigenvalue weighted by molar-refractivity contribution is -0.122. The summed E-state index contributed by atoms with van der Waals surface area (Å²) in [6.07, 6.45) is 2.54. The molecule has 1 saturated heterocycles. The van der Waals surface area contributed by atoms with Crippen LogP contribution < -0.4 is 15.1 Å². The van der Waals surface area contributed by atoms with Crippen LogP contribution in [0, 0.1) is 0 Å². The molecule has 172 valence electrons. The molecule has 2 aliphatic rings. The summed E-state index contributed by atoms with van der Waals surface area (Å²) in [4.78, 5) is 41.5. The van der Waals surface area contributed by atoms with Crippen LogP contribution in [-0.2, 0) is 9.59 Å². The predicted molar refractivity (Wildman–Crippen MR) is 132 cm³/mol. The molecule has 1 fully saturated rings. The largest absolute Gasteiger partial charge is 0.364 e. The first-order chi connectivity index (χ1) is 15.5. The average molecular weight is 466 g/mol. The Labute approximate surface area is 199 Å². The van der Waals surface area contributed by atoms with Crippen LogP contribution in [0.25, 0.3) is 6.08 Å². The summed E-state index contributed by atoms with van der Waals surface area (Å²) in [5.41, 5.74) is 3.33. The molecule has 0 radical (unpaired) electrons. The lowest BCUT2D eigenvalue weighted by Gasteiger charge is -2.50. The van der Waals surface area contributed by atoms with Crippen molar-refractivity contribution >= 4 is 46.9 Å². The molecule has 2 heterocycles. The monoisotopic (exact) mass is 465 g/mol. The molecule has 2 aromatic carbocycles. The van der Waals surface area contributed by atoms with Crippen molar-refractivity contribution in [2.45, 2.75) is 58.5 Å². The summed E-state index contributed by atoms with van der Waals surface area (Å²) in [6.45, 7) is 11.1. The normalized spacial score (nSPS) is 21.5. The van der Waals surface area contributed by atoms with Gasteiger partial charge in [0.25, 0.3) is 11.8 Å². The molecule has 1 N–H and O–H groups in total. The fraction of sp³-hybridized carbons (Fsp3) is 0.346. The van der Waals surface area contributed by atoms with E-state index in [2.05, 4.69) is 50.9 Å². The van der Waals surface area contributed by atoms with Crippen molar-refractivity contribution < 1.29 is 14.4 Å². The quantitative estimate of drug-likeness (QED) is 0.479. The number of carbonyl (C=O) groups is 3. The first-order valence-corrected chi connectivity index (χ1v) is 11.5. The number of carbonyl (C=O) groups excluding carboxylic acids is 3. The Kier molecular flexibility index (Phi) is 5.83. The van der Waals surface area contributed by atoms with E-state index in [1.807, 2.05) is 12.1 Å². The molecule has 6 nitrogen and oxygen atoms in total. The molecule has 4 amide bonds. The van der Waals surface area contributed by atoms with E-state index >= 15 is 0 Å². The predicted octanol–water partition coefficient (Wildman–Crippen LogP) is 5.51. The van der Waals surface area contributed by atoms with Gasteiger partial charge in [0.2, 0.25) is 0 Å². The molecule has 7 heteroatoms. The maximum Gasteiger partial charge on any atom is 0.335 e. The second-order valence-corrected chi connectivity index (χ2v) is 10.1. The molecule has 0 unspecified atom stereocenters. The van der Waals surface area contributed by atoms with Crippen molar-refractivity contribution in [2.24, 2.45) is 0 Å². The zero-order valence-electron chi connectivity index (χ0n) is 19.5.